The fraction of sp³-hybridized carbons (Fsp3) is 0.722. The number of thioether (sulfide) groups is 1. The van der Waals surface area contributed by atoms with Gasteiger partial charge < -0.3 is 15.1 Å². The lowest BCUT2D eigenvalue weighted by atomic mass is 9.97. The quantitative estimate of drug-likeness (QED) is 0.375. The normalized spacial score (nSPS) is 24.8. The molecule has 0 saturated carbocycles. The SMILES string of the molecule is CN=C(NCC1(N(C)C)CCSC1)N1CCN(Cc2cccs2)CC1.I. The first-order valence-corrected chi connectivity index (χ1v) is 11.1. The van der Waals surface area contributed by atoms with Gasteiger partial charge in [-0.1, -0.05) is 6.07 Å². The molecule has 1 N–H and O–H groups in total. The Bertz CT molecular complexity index is 550. The topological polar surface area (TPSA) is 34.1 Å². The van der Waals surface area contributed by atoms with E-state index in [-0.39, 0.29) is 29.5 Å². The van der Waals surface area contributed by atoms with E-state index in [0.29, 0.717) is 0 Å². The summed E-state index contributed by atoms with van der Waals surface area (Å²) in [4.78, 5) is 13.4. The summed E-state index contributed by atoms with van der Waals surface area (Å²) in [5.74, 6) is 3.53. The van der Waals surface area contributed by atoms with Crippen LogP contribution >= 0.6 is 47.1 Å². The third-order valence-corrected chi connectivity index (χ3v) is 7.55. The summed E-state index contributed by atoms with van der Waals surface area (Å²) in [5, 5.41) is 5.83. The van der Waals surface area contributed by atoms with Crippen LogP contribution in [-0.2, 0) is 6.54 Å². The Kier molecular flexibility index (Phi) is 8.99. The Morgan fingerprint density at radius 1 is 1.31 bits per heavy atom. The Hall–Kier alpha value is -0.0300. The lowest BCUT2D eigenvalue weighted by Crippen LogP contribution is -2.57. The summed E-state index contributed by atoms with van der Waals surface area (Å²) in [7, 11) is 6.32. The van der Waals surface area contributed by atoms with Crippen molar-refractivity contribution in [2.45, 2.75) is 18.5 Å². The van der Waals surface area contributed by atoms with Crippen LogP contribution in [-0.4, -0.2) is 91.6 Å². The van der Waals surface area contributed by atoms with Gasteiger partial charge in [0.15, 0.2) is 5.96 Å². The summed E-state index contributed by atoms with van der Waals surface area (Å²) in [6.45, 7) is 6.37. The van der Waals surface area contributed by atoms with Crippen LogP contribution in [0.15, 0.2) is 22.5 Å². The van der Waals surface area contributed by atoms with Crippen LogP contribution in [0, 0.1) is 0 Å². The van der Waals surface area contributed by atoms with Crippen LogP contribution in [0.2, 0.25) is 0 Å². The molecule has 0 aromatic carbocycles. The van der Waals surface area contributed by atoms with Crippen molar-refractivity contribution in [2.75, 3.05) is 65.4 Å². The van der Waals surface area contributed by atoms with Crippen LogP contribution in [0.4, 0.5) is 0 Å². The highest BCUT2D eigenvalue weighted by Crippen LogP contribution is 2.31. The van der Waals surface area contributed by atoms with E-state index in [1.165, 1.54) is 22.8 Å². The van der Waals surface area contributed by atoms with Crippen molar-refractivity contribution in [3.63, 3.8) is 0 Å². The number of halogens is 1. The van der Waals surface area contributed by atoms with E-state index in [2.05, 4.69) is 68.4 Å². The molecule has 8 heteroatoms. The molecule has 0 bridgehead atoms. The van der Waals surface area contributed by atoms with Gasteiger partial charge in [0.25, 0.3) is 0 Å². The predicted octanol–water partition coefficient (Wildman–Crippen LogP) is 2.50. The first kappa shape index (κ1) is 22.3. The number of thiophene rings is 1. The van der Waals surface area contributed by atoms with Gasteiger partial charge in [-0.25, -0.2) is 0 Å². The number of hydrogen-bond donors (Lipinski definition) is 1. The highest BCUT2D eigenvalue weighted by atomic mass is 127. The van der Waals surface area contributed by atoms with Crippen molar-refractivity contribution in [1.29, 1.82) is 0 Å². The van der Waals surface area contributed by atoms with Crippen LogP contribution in [0.25, 0.3) is 0 Å². The predicted molar refractivity (Wildman–Crippen MR) is 126 cm³/mol. The van der Waals surface area contributed by atoms with Crippen molar-refractivity contribution in [3.05, 3.63) is 22.4 Å². The van der Waals surface area contributed by atoms with E-state index in [1.807, 2.05) is 18.4 Å². The lowest BCUT2D eigenvalue weighted by Gasteiger charge is -2.39. The van der Waals surface area contributed by atoms with Gasteiger partial charge in [-0.2, -0.15) is 11.8 Å². The molecule has 1 atom stereocenters. The van der Waals surface area contributed by atoms with E-state index < -0.39 is 0 Å². The summed E-state index contributed by atoms with van der Waals surface area (Å²) >= 11 is 3.92. The molecule has 0 amide bonds. The second kappa shape index (κ2) is 10.5. The first-order valence-electron chi connectivity index (χ1n) is 9.08. The number of piperazine rings is 1. The van der Waals surface area contributed by atoms with E-state index in [0.717, 1.165) is 45.2 Å². The maximum Gasteiger partial charge on any atom is 0.193 e. The molecule has 2 saturated heterocycles. The molecule has 0 spiro atoms. The molecule has 2 fully saturated rings. The summed E-state index contributed by atoms with van der Waals surface area (Å²) in [6, 6.07) is 4.38. The van der Waals surface area contributed by atoms with E-state index >= 15 is 0 Å². The fourth-order valence-corrected chi connectivity index (χ4v) is 5.86. The van der Waals surface area contributed by atoms with Gasteiger partial charge in [-0.15, -0.1) is 35.3 Å². The minimum absolute atomic E-state index is 0. The van der Waals surface area contributed by atoms with Gasteiger partial charge in [0, 0.05) is 62.5 Å². The van der Waals surface area contributed by atoms with E-state index in [1.54, 1.807) is 0 Å². The zero-order valence-electron chi connectivity index (χ0n) is 16.1. The molecule has 2 aliphatic rings. The average molecular weight is 510 g/mol. The molecule has 5 nitrogen and oxygen atoms in total. The number of rotatable bonds is 5. The minimum Gasteiger partial charge on any atom is -0.354 e. The highest BCUT2D eigenvalue weighted by molar-refractivity contribution is 14.0. The van der Waals surface area contributed by atoms with Gasteiger partial charge in [0.05, 0.1) is 0 Å². The fourth-order valence-electron chi connectivity index (χ4n) is 3.56. The number of hydrogen-bond acceptors (Lipinski definition) is 5. The van der Waals surface area contributed by atoms with Gasteiger partial charge in [0.1, 0.15) is 0 Å². The Balaban J connectivity index is 0.00000243. The van der Waals surface area contributed by atoms with Crippen molar-refractivity contribution in [3.8, 4) is 0 Å². The van der Waals surface area contributed by atoms with Crippen LogP contribution in [0.3, 0.4) is 0 Å². The van der Waals surface area contributed by atoms with E-state index in [9.17, 15) is 0 Å². The van der Waals surface area contributed by atoms with Gasteiger partial charge >= 0.3 is 0 Å². The maximum absolute atomic E-state index is 4.55. The number of likely N-dealkylation sites (N-methyl/N-ethyl adjacent to an activating group) is 1. The van der Waals surface area contributed by atoms with Crippen molar-refractivity contribution in [1.82, 2.24) is 20.0 Å². The molecule has 0 aliphatic carbocycles. The summed E-state index contributed by atoms with van der Waals surface area (Å²) < 4.78 is 0. The lowest BCUT2D eigenvalue weighted by molar-refractivity contribution is 0.164. The number of nitrogens with zero attached hydrogens (tertiary/aromatic N) is 4. The van der Waals surface area contributed by atoms with Gasteiger partial charge in [0.2, 0.25) is 0 Å². The standard InChI is InChI=1S/C18H31N5S2.HI/c1-19-17(20-14-18(21(2)3)6-12-24-15-18)23-9-7-22(8-10-23)13-16-5-4-11-25-16;/h4-5,11H,6-10,12-15H2,1-3H3,(H,19,20);1H. The van der Waals surface area contributed by atoms with E-state index in [4.69, 9.17) is 0 Å². The molecule has 1 aromatic rings. The Labute approximate surface area is 183 Å². The first-order chi connectivity index (χ1) is 12.1. The van der Waals surface area contributed by atoms with Crippen LogP contribution in [0.1, 0.15) is 11.3 Å². The average Bonchev–Trinajstić information content (AvgIpc) is 3.29. The zero-order chi connectivity index (χ0) is 17.7. The Morgan fingerprint density at radius 3 is 2.62 bits per heavy atom. The molecule has 3 heterocycles. The minimum atomic E-state index is 0. The van der Waals surface area contributed by atoms with Gasteiger partial charge in [-0.05, 0) is 37.7 Å². The van der Waals surface area contributed by atoms with Gasteiger partial charge in [-0.3, -0.25) is 9.89 Å². The largest absolute Gasteiger partial charge is 0.354 e. The molecule has 1 aromatic heterocycles. The summed E-state index contributed by atoms with van der Waals surface area (Å²) in [6.07, 6.45) is 1.25. The third kappa shape index (κ3) is 5.50. The molecular formula is C18H32IN5S2. The van der Waals surface area contributed by atoms with Crippen molar-refractivity contribution >= 4 is 53.0 Å². The van der Waals surface area contributed by atoms with Crippen molar-refractivity contribution < 1.29 is 0 Å². The van der Waals surface area contributed by atoms with Crippen LogP contribution < -0.4 is 5.32 Å². The van der Waals surface area contributed by atoms with Crippen LogP contribution in [0.5, 0.6) is 0 Å². The molecule has 0 radical (unpaired) electrons. The number of aliphatic imine (C=N–C) groups is 1. The second-order valence-corrected chi connectivity index (χ2v) is 9.30. The van der Waals surface area contributed by atoms with Crippen molar-refractivity contribution in [2.24, 2.45) is 4.99 Å². The molecule has 1 unspecified atom stereocenters. The summed E-state index contributed by atoms with van der Waals surface area (Å²) in [5.41, 5.74) is 0.265. The number of nitrogens with one attached hydrogen (secondary N) is 1. The number of guanidine groups is 1. The molecule has 3 rings (SSSR count). The molecule has 148 valence electrons. The molecule has 2 aliphatic heterocycles. The third-order valence-electron chi connectivity index (χ3n) is 5.45. The smallest absolute Gasteiger partial charge is 0.193 e. The Morgan fingerprint density at radius 2 is 2.08 bits per heavy atom. The highest BCUT2D eigenvalue weighted by Gasteiger charge is 2.37. The molecular weight excluding hydrogens is 477 g/mol. The maximum atomic E-state index is 4.55. The zero-order valence-corrected chi connectivity index (χ0v) is 20.1. The second-order valence-electron chi connectivity index (χ2n) is 7.16. The molecule has 26 heavy (non-hydrogen) atoms. The monoisotopic (exact) mass is 509 g/mol.